The molecule has 0 aromatic carbocycles. The minimum atomic E-state index is -0.493. The second-order valence-electron chi connectivity index (χ2n) is 3.31. The van der Waals surface area contributed by atoms with Crippen molar-refractivity contribution in [2.45, 2.75) is 32.1 Å². The standard InChI is InChI=1S/C9H13NO3/c11-9-6-2-1-4-8(9)5-3-7-10(12)13/h3,7-8H,1-2,4-6H2/b7-3+. The molecule has 0 N–H and O–H groups in total. The molecule has 1 fully saturated rings. The highest BCUT2D eigenvalue weighted by molar-refractivity contribution is 5.81. The van der Waals surface area contributed by atoms with Crippen molar-refractivity contribution in [1.82, 2.24) is 0 Å². The average Bonchev–Trinajstić information content (AvgIpc) is 2.08. The summed E-state index contributed by atoms with van der Waals surface area (Å²) in [6, 6.07) is 0. The fraction of sp³-hybridized carbons (Fsp3) is 0.667. The molecular weight excluding hydrogens is 170 g/mol. The van der Waals surface area contributed by atoms with Crippen molar-refractivity contribution >= 4 is 5.78 Å². The first-order valence-corrected chi connectivity index (χ1v) is 4.53. The van der Waals surface area contributed by atoms with Gasteiger partial charge in [-0.1, -0.05) is 6.42 Å². The quantitative estimate of drug-likeness (QED) is 0.496. The number of rotatable bonds is 3. The fourth-order valence-corrected chi connectivity index (χ4v) is 1.62. The number of carbonyl (C=O) groups excluding carboxylic acids is 1. The number of nitrogens with zero attached hydrogens (tertiary/aromatic N) is 1. The van der Waals surface area contributed by atoms with E-state index < -0.39 is 4.92 Å². The molecule has 0 aromatic heterocycles. The van der Waals surface area contributed by atoms with E-state index in [1.807, 2.05) is 0 Å². The van der Waals surface area contributed by atoms with Crippen molar-refractivity contribution in [3.63, 3.8) is 0 Å². The highest BCUT2D eigenvalue weighted by Crippen LogP contribution is 2.23. The summed E-state index contributed by atoms with van der Waals surface area (Å²) in [7, 11) is 0. The molecule has 4 nitrogen and oxygen atoms in total. The van der Waals surface area contributed by atoms with Crippen molar-refractivity contribution in [2.24, 2.45) is 5.92 Å². The molecule has 0 aromatic rings. The number of allylic oxidation sites excluding steroid dienone is 1. The van der Waals surface area contributed by atoms with Crippen molar-refractivity contribution in [1.29, 1.82) is 0 Å². The Balaban J connectivity index is 2.34. The molecule has 0 aliphatic heterocycles. The topological polar surface area (TPSA) is 60.2 Å². The second kappa shape index (κ2) is 4.74. The van der Waals surface area contributed by atoms with Crippen LogP contribution in [0.3, 0.4) is 0 Å². The smallest absolute Gasteiger partial charge is 0.230 e. The first kappa shape index (κ1) is 9.89. The van der Waals surface area contributed by atoms with Crippen LogP contribution in [0.2, 0.25) is 0 Å². The molecule has 0 amide bonds. The summed E-state index contributed by atoms with van der Waals surface area (Å²) in [5, 5.41) is 9.96. The van der Waals surface area contributed by atoms with E-state index in [1.165, 1.54) is 6.08 Å². The predicted octanol–water partition coefficient (Wildman–Crippen LogP) is 1.93. The van der Waals surface area contributed by atoms with Gasteiger partial charge in [0.2, 0.25) is 6.20 Å². The maximum Gasteiger partial charge on any atom is 0.230 e. The third kappa shape index (κ3) is 3.36. The molecule has 0 heterocycles. The predicted molar refractivity (Wildman–Crippen MR) is 47.7 cm³/mol. The van der Waals surface area contributed by atoms with Gasteiger partial charge in [-0.3, -0.25) is 14.9 Å². The van der Waals surface area contributed by atoms with Crippen LogP contribution >= 0.6 is 0 Å². The number of hydrogen-bond donors (Lipinski definition) is 0. The van der Waals surface area contributed by atoms with Gasteiger partial charge in [0.25, 0.3) is 0 Å². The summed E-state index contributed by atoms with van der Waals surface area (Å²) >= 11 is 0. The molecule has 1 rings (SSSR count). The second-order valence-corrected chi connectivity index (χ2v) is 3.31. The van der Waals surface area contributed by atoms with Gasteiger partial charge < -0.3 is 0 Å². The summed E-state index contributed by atoms with van der Waals surface area (Å²) in [5.41, 5.74) is 0. The third-order valence-electron chi connectivity index (χ3n) is 2.33. The Bertz CT molecular complexity index is 235. The summed E-state index contributed by atoms with van der Waals surface area (Å²) in [5.74, 6) is 0.296. The van der Waals surface area contributed by atoms with E-state index in [0.717, 1.165) is 25.5 Å². The lowest BCUT2D eigenvalue weighted by molar-refractivity contribution is -0.402. The van der Waals surface area contributed by atoms with E-state index in [-0.39, 0.29) is 11.7 Å². The number of ketones is 1. The van der Waals surface area contributed by atoms with E-state index in [1.54, 1.807) is 0 Å². The van der Waals surface area contributed by atoms with Gasteiger partial charge in [-0.15, -0.1) is 0 Å². The maximum atomic E-state index is 11.3. The van der Waals surface area contributed by atoms with E-state index in [4.69, 9.17) is 0 Å². The van der Waals surface area contributed by atoms with E-state index in [0.29, 0.717) is 12.8 Å². The molecule has 0 radical (unpaired) electrons. The summed E-state index contributed by atoms with van der Waals surface area (Å²) in [4.78, 5) is 20.7. The number of Topliss-reactive ketones (excluding diaryl/α,β-unsaturated/α-hetero) is 1. The number of carbonyl (C=O) groups is 1. The summed E-state index contributed by atoms with van der Waals surface area (Å²) in [6.45, 7) is 0. The normalized spacial score (nSPS) is 23.7. The molecule has 1 saturated carbocycles. The Morgan fingerprint density at radius 1 is 1.54 bits per heavy atom. The molecule has 1 aliphatic rings. The monoisotopic (exact) mass is 183 g/mol. The summed E-state index contributed by atoms with van der Waals surface area (Å²) in [6.07, 6.45) is 6.52. The molecule has 72 valence electrons. The van der Waals surface area contributed by atoms with Gasteiger partial charge in [0.15, 0.2) is 0 Å². The van der Waals surface area contributed by atoms with Crippen LogP contribution < -0.4 is 0 Å². The van der Waals surface area contributed by atoms with Crippen LogP contribution in [0.25, 0.3) is 0 Å². The minimum Gasteiger partial charge on any atom is -0.299 e. The Morgan fingerprint density at radius 2 is 2.31 bits per heavy atom. The summed E-state index contributed by atoms with van der Waals surface area (Å²) < 4.78 is 0. The Hall–Kier alpha value is -1.19. The van der Waals surface area contributed by atoms with Gasteiger partial charge in [-0.05, 0) is 25.3 Å². The lowest BCUT2D eigenvalue weighted by atomic mass is 9.86. The van der Waals surface area contributed by atoms with Gasteiger partial charge in [0.1, 0.15) is 5.78 Å². The van der Waals surface area contributed by atoms with Crippen LogP contribution in [0, 0.1) is 16.0 Å². The Labute approximate surface area is 76.8 Å². The molecule has 1 unspecified atom stereocenters. The molecule has 0 saturated heterocycles. The largest absolute Gasteiger partial charge is 0.299 e. The van der Waals surface area contributed by atoms with Gasteiger partial charge >= 0.3 is 0 Å². The lowest BCUT2D eigenvalue weighted by Crippen LogP contribution is -2.18. The zero-order chi connectivity index (χ0) is 9.68. The molecule has 13 heavy (non-hydrogen) atoms. The molecule has 0 spiro atoms. The van der Waals surface area contributed by atoms with E-state index >= 15 is 0 Å². The van der Waals surface area contributed by atoms with Gasteiger partial charge in [-0.2, -0.15) is 0 Å². The van der Waals surface area contributed by atoms with Crippen LogP contribution in [0.5, 0.6) is 0 Å². The minimum absolute atomic E-state index is 0.0324. The zero-order valence-electron chi connectivity index (χ0n) is 7.44. The van der Waals surface area contributed by atoms with Crippen molar-refractivity contribution in [2.75, 3.05) is 0 Å². The zero-order valence-corrected chi connectivity index (χ0v) is 7.44. The number of nitro groups is 1. The molecule has 1 atom stereocenters. The maximum absolute atomic E-state index is 11.3. The third-order valence-corrected chi connectivity index (χ3v) is 2.33. The highest BCUT2D eigenvalue weighted by atomic mass is 16.6. The van der Waals surface area contributed by atoms with Crippen LogP contribution in [0.1, 0.15) is 32.1 Å². The van der Waals surface area contributed by atoms with E-state index in [9.17, 15) is 14.9 Å². The van der Waals surface area contributed by atoms with Gasteiger partial charge in [0.05, 0.1) is 4.92 Å². The van der Waals surface area contributed by atoms with Crippen molar-refractivity contribution in [3.8, 4) is 0 Å². The van der Waals surface area contributed by atoms with Crippen LogP contribution in [0.15, 0.2) is 12.3 Å². The van der Waals surface area contributed by atoms with Crippen molar-refractivity contribution < 1.29 is 9.72 Å². The lowest BCUT2D eigenvalue weighted by Gasteiger charge is -2.17. The Kier molecular flexibility index (Phi) is 3.61. The van der Waals surface area contributed by atoms with Gasteiger partial charge in [0, 0.05) is 12.3 Å². The average molecular weight is 183 g/mol. The fourth-order valence-electron chi connectivity index (χ4n) is 1.62. The first-order chi connectivity index (χ1) is 6.20. The molecule has 4 heteroatoms. The van der Waals surface area contributed by atoms with Gasteiger partial charge in [-0.25, -0.2) is 0 Å². The highest BCUT2D eigenvalue weighted by Gasteiger charge is 2.20. The molecule has 0 bridgehead atoms. The Morgan fingerprint density at radius 3 is 2.92 bits per heavy atom. The van der Waals surface area contributed by atoms with Crippen LogP contribution in [0.4, 0.5) is 0 Å². The van der Waals surface area contributed by atoms with E-state index in [2.05, 4.69) is 0 Å². The molecule has 1 aliphatic carbocycles. The van der Waals surface area contributed by atoms with Crippen molar-refractivity contribution in [3.05, 3.63) is 22.4 Å². The van der Waals surface area contributed by atoms with Crippen LogP contribution in [-0.2, 0) is 4.79 Å². The SMILES string of the molecule is O=C1CCCCC1C/C=C/[N+](=O)[O-]. The first-order valence-electron chi connectivity index (χ1n) is 4.53. The number of hydrogen-bond acceptors (Lipinski definition) is 3. The van der Waals surface area contributed by atoms with Crippen LogP contribution in [-0.4, -0.2) is 10.7 Å². The molecular formula is C9H13NO3.